The van der Waals surface area contributed by atoms with Crippen molar-refractivity contribution in [1.29, 1.82) is 0 Å². The molecule has 0 aliphatic heterocycles. The van der Waals surface area contributed by atoms with Crippen molar-refractivity contribution < 1.29 is 23.9 Å². The Morgan fingerprint density at radius 3 is 2.33 bits per heavy atom. The van der Waals surface area contributed by atoms with E-state index in [-0.39, 0.29) is 40.9 Å². The predicted octanol–water partition coefficient (Wildman–Crippen LogP) is 6.68. The minimum absolute atomic E-state index is 0.0174. The van der Waals surface area contributed by atoms with Gasteiger partial charge in [0.2, 0.25) is 0 Å². The van der Waals surface area contributed by atoms with Crippen molar-refractivity contribution in [3.63, 3.8) is 0 Å². The van der Waals surface area contributed by atoms with E-state index in [1.54, 1.807) is 0 Å². The van der Waals surface area contributed by atoms with Crippen LogP contribution in [0.1, 0.15) is 106 Å². The Bertz CT molecular complexity index is 905. The summed E-state index contributed by atoms with van der Waals surface area (Å²) in [5.74, 6) is 2.38. The molecule has 0 aromatic rings. The van der Waals surface area contributed by atoms with Crippen LogP contribution in [0.5, 0.6) is 0 Å². The molecule has 0 saturated heterocycles. The Kier molecular flexibility index (Phi) is 7.80. The lowest BCUT2D eigenvalue weighted by atomic mass is 9.46. The van der Waals surface area contributed by atoms with Crippen LogP contribution in [0.2, 0.25) is 0 Å². The van der Waals surface area contributed by atoms with Crippen molar-refractivity contribution in [2.75, 3.05) is 0 Å². The Morgan fingerprint density at radius 2 is 1.69 bits per heavy atom. The van der Waals surface area contributed by atoms with Gasteiger partial charge < -0.3 is 9.47 Å². The number of carbonyl (C=O) groups excluding carboxylic acids is 3. The highest BCUT2D eigenvalue weighted by atomic mass is 16.5. The highest BCUT2D eigenvalue weighted by molar-refractivity contribution is 5.94. The summed E-state index contributed by atoms with van der Waals surface area (Å²) in [6, 6.07) is 0. The van der Waals surface area contributed by atoms with E-state index in [4.69, 9.17) is 9.47 Å². The maximum absolute atomic E-state index is 13.7. The fourth-order valence-corrected chi connectivity index (χ4v) is 9.05. The number of rotatable bonds is 7. The lowest BCUT2D eigenvalue weighted by molar-refractivity contribution is -0.150. The number of allylic oxidation sites excluding steroid dienone is 1. The fourth-order valence-electron chi connectivity index (χ4n) is 9.05. The van der Waals surface area contributed by atoms with Gasteiger partial charge in [-0.05, 0) is 97.9 Å². The van der Waals surface area contributed by atoms with Gasteiger partial charge >= 0.3 is 11.9 Å². The third-order valence-electron chi connectivity index (χ3n) is 11.0. The molecule has 0 spiro atoms. The third-order valence-corrected chi connectivity index (χ3v) is 11.0. The third kappa shape index (κ3) is 4.92. The second kappa shape index (κ2) is 10.3. The van der Waals surface area contributed by atoms with Gasteiger partial charge in [0.25, 0.3) is 0 Å². The molecule has 9 atom stereocenters. The van der Waals surface area contributed by atoms with E-state index in [0.29, 0.717) is 41.8 Å². The molecule has 0 aromatic carbocycles. The van der Waals surface area contributed by atoms with Crippen molar-refractivity contribution in [3.05, 3.63) is 11.6 Å². The molecule has 0 amide bonds. The summed E-state index contributed by atoms with van der Waals surface area (Å²) in [5, 5.41) is 0. The molecule has 3 fully saturated rings. The van der Waals surface area contributed by atoms with Crippen molar-refractivity contribution in [1.82, 2.24) is 0 Å². The number of ketones is 1. The molecule has 5 heteroatoms. The highest BCUT2D eigenvalue weighted by Crippen LogP contribution is 2.66. The zero-order valence-corrected chi connectivity index (χ0v) is 23.6. The molecule has 4 aliphatic rings. The predicted molar refractivity (Wildman–Crippen MR) is 140 cm³/mol. The van der Waals surface area contributed by atoms with Gasteiger partial charge in [-0.1, -0.05) is 40.2 Å². The number of esters is 2. The van der Waals surface area contributed by atoms with E-state index in [9.17, 15) is 14.4 Å². The number of hydrogen-bond acceptors (Lipinski definition) is 5. The Hall–Kier alpha value is -1.65. The average molecular weight is 501 g/mol. The molecule has 0 heterocycles. The molecule has 4 aliphatic carbocycles. The largest absolute Gasteiger partial charge is 0.462 e. The Labute approximate surface area is 218 Å². The van der Waals surface area contributed by atoms with Crippen molar-refractivity contribution in [2.24, 2.45) is 46.3 Å². The fraction of sp³-hybridized carbons (Fsp3) is 0.839. The summed E-state index contributed by atoms with van der Waals surface area (Å²) in [5.41, 5.74) is 1.47. The van der Waals surface area contributed by atoms with Crippen LogP contribution in [-0.4, -0.2) is 29.9 Å². The molecule has 5 nitrogen and oxygen atoms in total. The first-order valence-corrected chi connectivity index (χ1v) is 14.5. The Morgan fingerprint density at radius 1 is 0.972 bits per heavy atom. The van der Waals surface area contributed by atoms with Crippen LogP contribution in [0.25, 0.3) is 0 Å². The molecule has 9 unspecified atom stereocenters. The van der Waals surface area contributed by atoms with Crippen LogP contribution >= 0.6 is 0 Å². The minimum atomic E-state index is -0.226. The van der Waals surface area contributed by atoms with E-state index in [0.717, 1.165) is 38.5 Å². The van der Waals surface area contributed by atoms with Crippen LogP contribution in [0, 0.1) is 46.3 Å². The molecule has 202 valence electrons. The van der Waals surface area contributed by atoms with Crippen LogP contribution in [-0.2, 0) is 23.9 Å². The van der Waals surface area contributed by atoms with Crippen LogP contribution in [0.3, 0.4) is 0 Å². The maximum atomic E-state index is 13.7. The van der Waals surface area contributed by atoms with Gasteiger partial charge in [-0.25, -0.2) is 0 Å². The number of carbonyl (C=O) groups is 3. The molecule has 0 radical (unpaired) electrons. The minimum Gasteiger partial charge on any atom is -0.462 e. The van der Waals surface area contributed by atoms with E-state index in [2.05, 4.69) is 34.6 Å². The summed E-state index contributed by atoms with van der Waals surface area (Å²) in [4.78, 5) is 36.8. The van der Waals surface area contributed by atoms with Crippen LogP contribution in [0.4, 0.5) is 0 Å². The molecular weight excluding hydrogens is 452 g/mol. The van der Waals surface area contributed by atoms with Gasteiger partial charge in [0, 0.05) is 26.2 Å². The molecule has 0 bridgehead atoms. The van der Waals surface area contributed by atoms with Crippen LogP contribution in [0.15, 0.2) is 11.6 Å². The normalized spacial score (nSPS) is 39.4. The molecule has 3 saturated carbocycles. The van der Waals surface area contributed by atoms with Gasteiger partial charge in [0.05, 0.1) is 0 Å². The molecule has 36 heavy (non-hydrogen) atoms. The number of ether oxygens (including phenoxy) is 2. The van der Waals surface area contributed by atoms with E-state index < -0.39 is 0 Å². The summed E-state index contributed by atoms with van der Waals surface area (Å²) in [7, 11) is 0. The first-order chi connectivity index (χ1) is 16.9. The average Bonchev–Trinajstić information content (AvgIpc) is 3.14. The molecule has 0 N–H and O–H groups in total. The zero-order valence-electron chi connectivity index (χ0n) is 23.6. The number of fused-ring (bicyclic) bond motifs is 5. The lowest BCUT2D eigenvalue weighted by Crippen LogP contribution is -2.53. The Balaban J connectivity index is 1.49. The smallest absolute Gasteiger partial charge is 0.302 e. The van der Waals surface area contributed by atoms with Gasteiger partial charge in [0.15, 0.2) is 5.78 Å². The summed E-state index contributed by atoms with van der Waals surface area (Å²) in [6.45, 7) is 14.5. The lowest BCUT2D eigenvalue weighted by Gasteiger charge is -2.57. The van der Waals surface area contributed by atoms with Crippen molar-refractivity contribution in [2.45, 2.75) is 118 Å². The molecule has 4 rings (SSSR count). The second-order valence-electron chi connectivity index (χ2n) is 13.4. The summed E-state index contributed by atoms with van der Waals surface area (Å²) in [6.07, 6.45) is 11.1. The maximum Gasteiger partial charge on any atom is 0.302 e. The monoisotopic (exact) mass is 500 g/mol. The quantitative estimate of drug-likeness (QED) is 0.365. The van der Waals surface area contributed by atoms with Gasteiger partial charge in [0.1, 0.15) is 12.2 Å². The topological polar surface area (TPSA) is 69.7 Å². The molecular formula is C31H48O5. The first kappa shape index (κ1) is 27.4. The SMILES string of the molecule is CC(=O)OC1CCC2(C)C(=CC(=O)C3C2CCC2(C)C(C(C)CCC(OC(C)=O)C(C)C)CCC32)C1. The standard InChI is InChI=1S/C31H48O5/c1-18(2)28(36-21(5)33)11-8-19(3)24-9-10-25-29-26(13-15-31(24,25)7)30(6)14-12-23(35-20(4)32)16-22(30)17-27(29)34/h17-19,23-26,28-29H,8-16H2,1-7H3. The number of hydrogen-bond donors (Lipinski definition) is 0. The summed E-state index contributed by atoms with van der Waals surface area (Å²) < 4.78 is 11.2. The highest BCUT2D eigenvalue weighted by Gasteiger charge is 2.61. The van der Waals surface area contributed by atoms with Gasteiger partial charge in [-0.2, -0.15) is 0 Å². The van der Waals surface area contributed by atoms with E-state index >= 15 is 0 Å². The van der Waals surface area contributed by atoms with Crippen LogP contribution < -0.4 is 0 Å². The summed E-state index contributed by atoms with van der Waals surface area (Å²) >= 11 is 0. The van der Waals surface area contributed by atoms with Crippen molar-refractivity contribution in [3.8, 4) is 0 Å². The van der Waals surface area contributed by atoms with E-state index in [1.165, 1.54) is 32.3 Å². The van der Waals surface area contributed by atoms with Gasteiger partial charge in [-0.3, -0.25) is 14.4 Å². The first-order valence-electron chi connectivity index (χ1n) is 14.5. The van der Waals surface area contributed by atoms with E-state index in [1.807, 2.05) is 6.08 Å². The van der Waals surface area contributed by atoms with Crippen molar-refractivity contribution >= 4 is 17.7 Å². The second-order valence-corrected chi connectivity index (χ2v) is 13.4. The van der Waals surface area contributed by atoms with Gasteiger partial charge in [-0.15, -0.1) is 0 Å². The molecule has 0 aromatic heterocycles. The zero-order chi connectivity index (χ0) is 26.4.